The second-order valence-electron chi connectivity index (χ2n) is 6.39. The normalized spacial score (nSPS) is 11.8. The summed E-state index contributed by atoms with van der Waals surface area (Å²) in [4.78, 5) is 23.8. The standard InChI is InChI=1S/C15H21N3O2/c1-15(2,3)9-13(19)16-10-6-7-11-12(8-10)18(5)14(20)17(11)4/h6-8H,9H2,1-5H3,(H,16,19). The molecule has 0 aliphatic carbocycles. The number of rotatable bonds is 2. The summed E-state index contributed by atoms with van der Waals surface area (Å²) in [6.45, 7) is 6.07. The summed E-state index contributed by atoms with van der Waals surface area (Å²) in [6.07, 6.45) is 0.457. The fraction of sp³-hybridized carbons (Fsp3) is 0.467. The Hall–Kier alpha value is -2.04. The molecule has 2 rings (SSSR count). The summed E-state index contributed by atoms with van der Waals surface area (Å²) in [6, 6.07) is 5.50. The number of nitrogens with zero attached hydrogens (tertiary/aromatic N) is 2. The number of anilines is 1. The molecule has 108 valence electrons. The van der Waals surface area contributed by atoms with Crippen molar-refractivity contribution < 1.29 is 4.79 Å². The minimum Gasteiger partial charge on any atom is -0.326 e. The Morgan fingerprint density at radius 3 is 2.35 bits per heavy atom. The molecule has 1 aromatic carbocycles. The summed E-state index contributed by atoms with van der Waals surface area (Å²) in [5, 5.41) is 2.88. The number of aromatic nitrogens is 2. The smallest absolute Gasteiger partial charge is 0.326 e. The highest BCUT2D eigenvalue weighted by Gasteiger charge is 2.16. The van der Waals surface area contributed by atoms with E-state index < -0.39 is 0 Å². The monoisotopic (exact) mass is 275 g/mol. The molecular formula is C15H21N3O2. The van der Waals surface area contributed by atoms with Crippen LogP contribution >= 0.6 is 0 Å². The number of aryl methyl sites for hydroxylation is 2. The zero-order chi connectivity index (χ0) is 15.1. The molecular weight excluding hydrogens is 254 g/mol. The number of carbonyl (C=O) groups excluding carboxylic acids is 1. The molecule has 0 saturated carbocycles. The highest BCUT2D eigenvalue weighted by Crippen LogP contribution is 2.21. The first kappa shape index (κ1) is 14.4. The van der Waals surface area contributed by atoms with Gasteiger partial charge in [0, 0.05) is 26.2 Å². The van der Waals surface area contributed by atoms with E-state index >= 15 is 0 Å². The maximum atomic E-state index is 11.9. The molecule has 5 heteroatoms. The summed E-state index contributed by atoms with van der Waals surface area (Å²) in [5.41, 5.74) is 2.26. The number of carbonyl (C=O) groups is 1. The van der Waals surface area contributed by atoms with Crippen molar-refractivity contribution in [2.24, 2.45) is 19.5 Å². The number of imidazole rings is 1. The molecule has 0 bridgehead atoms. The molecule has 20 heavy (non-hydrogen) atoms. The van der Waals surface area contributed by atoms with Gasteiger partial charge in [-0.1, -0.05) is 20.8 Å². The largest absolute Gasteiger partial charge is 0.328 e. The van der Waals surface area contributed by atoms with Crippen LogP contribution in [0, 0.1) is 5.41 Å². The molecule has 0 saturated heterocycles. The van der Waals surface area contributed by atoms with E-state index in [1.807, 2.05) is 39.0 Å². The number of fused-ring (bicyclic) bond motifs is 1. The van der Waals surface area contributed by atoms with Crippen molar-refractivity contribution in [1.82, 2.24) is 9.13 Å². The van der Waals surface area contributed by atoms with Gasteiger partial charge in [0.25, 0.3) is 0 Å². The van der Waals surface area contributed by atoms with Gasteiger partial charge in [0.15, 0.2) is 0 Å². The molecule has 1 heterocycles. The van der Waals surface area contributed by atoms with Crippen LogP contribution in [0.5, 0.6) is 0 Å². The second kappa shape index (κ2) is 4.81. The van der Waals surface area contributed by atoms with Crippen molar-refractivity contribution >= 4 is 22.6 Å². The van der Waals surface area contributed by atoms with Gasteiger partial charge in [-0.3, -0.25) is 13.9 Å². The van der Waals surface area contributed by atoms with E-state index in [2.05, 4.69) is 5.32 Å². The van der Waals surface area contributed by atoms with Gasteiger partial charge in [-0.15, -0.1) is 0 Å². The summed E-state index contributed by atoms with van der Waals surface area (Å²) < 4.78 is 3.17. The fourth-order valence-corrected chi connectivity index (χ4v) is 2.27. The Labute approximate surface area is 118 Å². The van der Waals surface area contributed by atoms with Crippen LogP contribution in [0.3, 0.4) is 0 Å². The van der Waals surface area contributed by atoms with E-state index in [9.17, 15) is 9.59 Å². The van der Waals surface area contributed by atoms with Crippen molar-refractivity contribution in [3.63, 3.8) is 0 Å². The van der Waals surface area contributed by atoms with E-state index in [4.69, 9.17) is 0 Å². The van der Waals surface area contributed by atoms with Crippen LogP contribution in [-0.4, -0.2) is 15.0 Å². The molecule has 1 aromatic heterocycles. The van der Waals surface area contributed by atoms with E-state index in [1.165, 1.54) is 0 Å². The van der Waals surface area contributed by atoms with Crippen molar-refractivity contribution in [1.29, 1.82) is 0 Å². The van der Waals surface area contributed by atoms with Crippen molar-refractivity contribution in [3.8, 4) is 0 Å². The summed E-state index contributed by atoms with van der Waals surface area (Å²) in [5.74, 6) is -0.0159. The van der Waals surface area contributed by atoms with Crippen molar-refractivity contribution in [3.05, 3.63) is 28.7 Å². The lowest BCUT2D eigenvalue weighted by atomic mass is 9.92. The maximum absolute atomic E-state index is 11.9. The van der Waals surface area contributed by atoms with Crippen LogP contribution in [0.1, 0.15) is 27.2 Å². The minimum absolute atomic E-state index is 0.0159. The first-order valence-electron chi connectivity index (χ1n) is 6.64. The Kier molecular flexibility index (Phi) is 3.46. The lowest BCUT2D eigenvalue weighted by Crippen LogP contribution is -2.19. The molecule has 1 amide bonds. The van der Waals surface area contributed by atoms with Gasteiger partial charge in [-0.25, -0.2) is 4.79 Å². The average Bonchev–Trinajstić information content (AvgIpc) is 2.52. The predicted molar refractivity (Wildman–Crippen MR) is 80.9 cm³/mol. The van der Waals surface area contributed by atoms with Gasteiger partial charge in [-0.05, 0) is 23.6 Å². The second-order valence-corrected chi connectivity index (χ2v) is 6.39. The molecule has 1 N–H and O–H groups in total. The number of benzene rings is 1. The highest BCUT2D eigenvalue weighted by atomic mass is 16.2. The van der Waals surface area contributed by atoms with Crippen molar-refractivity contribution in [2.45, 2.75) is 27.2 Å². The topological polar surface area (TPSA) is 56.0 Å². The van der Waals surface area contributed by atoms with E-state index in [0.717, 1.165) is 11.0 Å². The molecule has 2 aromatic rings. The third kappa shape index (κ3) is 2.76. The zero-order valence-electron chi connectivity index (χ0n) is 12.7. The first-order valence-corrected chi connectivity index (χ1v) is 6.64. The Morgan fingerprint density at radius 1 is 1.15 bits per heavy atom. The average molecular weight is 275 g/mol. The molecule has 0 spiro atoms. The lowest BCUT2D eigenvalue weighted by molar-refractivity contribution is -0.117. The SMILES string of the molecule is Cn1c(=O)n(C)c2cc(NC(=O)CC(C)(C)C)ccc21. The Bertz CT molecular complexity index is 717. The first-order chi connectivity index (χ1) is 9.19. The predicted octanol–water partition coefficient (Wildman–Crippen LogP) is 2.25. The van der Waals surface area contributed by atoms with Gasteiger partial charge < -0.3 is 5.32 Å². The zero-order valence-corrected chi connectivity index (χ0v) is 12.7. The number of nitrogens with one attached hydrogen (secondary N) is 1. The van der Waals surface area contributed by atoms with Gasteiger partial charge in [0.1, 0.15) is 0 Å². The molecule has 0 atom stereocenters. The van der Waals surface area contributed by atoms with Crippen LogP contribution in [0.25, 0.3) is 11.0 Å². The molecule has 0 radical (unpaired) electrons. The number of amides is 1. The summed E-state index contributed by atoms with van der Waals surface area (Å²) >= 11 is 0. The van der Waals surface area contributed by atoms with Crippen LogP contribution in [0.2, 0.25) is 0 Å². The van der Waals surface area contributed by atoms with Gasteiger partial charge in [-0.2, -0.15) is 0 Å². The van der Waals surface area contributed by atoms with E-state index in [-0.39, 0.29) is 17.0 Å². The number of hydrogen-bond donors (Lipinski definition) is 1. The Balaban J connectivity index is 2.31. The van der Waals surface area contributed by atoms with Crippen LogP contribution in [-0.2, 0) is 18.9 Å². The van der Waals surface area contributed by atoms with Gasteiger partial charge >= 0.3 is 5.69 Å². The fourth-order valence-electron chi connectivity index (χ4n) is 2.27. The maximum Gasteiger partial charge on any atom is 0.328 e. The van der Waals surface area contributed by atoms with E-state index in [0.29, 0.717) is 12.1 Å². The molecule has 0 fully saturated rings. The van der Waals surface area contributed by atoms with Gasteiger partial charge in [0.05, 0.1) is 11.0 Å². The molecule has 0 aliphatic rings. The summed E-state index contributed by atoms with van der Waals surface area (Å²) in [7, 11) is 3.47. The molecule has 0 unspecified atom stereocenters. The molecule has 5 nitrogen and oxygen atoms in total. The minimum atomic E-state index is -0.0711. The van der Waals surface area contributed by atoms with Crippen LogP contribution in [0.4, 0.5) is 5.69 Å². The van der Waals surface area contributed by atoms with Gasteiger partial charge in [0.2, 0.25) is 5.91 Å². The lowest BCUT2D eigenvalue weighted by Gasteiger charge is -2.17. The molecule has 0 aliphatic heterocycles. The third-order valence-electron chi connectivity index (χ3n) is 3.25. The van der Waals surface area contributed by atoms with Crippen LogP contribution < -0.4 is 11.0 Å². The number of hydrogen-bond acceptors (Lipinski definition) is 2. The van der Waals surface area contributed by atoms with Crippen molar-refractivity contribution in [2.75, 3.05) is 5.32 Å². The quantitative estimate of drug-likeness (QED) is 0.914. The van der Waals surface area contributed by atoms with Crippen LogP contribution in [0.15, 0.2) is 23.0 Å². The van der Waals surface area contributed by atoms with E-state index in [1.54, 1.807) is 23.2 Å². The highest BCUT2D eigenvalue weighted by molar-refractivity contribution is 5.93. The third-order valence-corrected chi connectivity index (χ3v) is 3.25. The Morgan fingerprint density at radius 2 is 1.75 bits per heavy atom.